The average molecular weight is 443 g/mol. The minimum Gasteiger partial charge on any atom is -0.360 e. The van der Waals surface area contributed by atoms with Crippen molar-refractivity contribution < 1.29 is 22.4 Å². The summed E-state index contributed by atoms with van der Waals surface area (Å²) >= 11 is 6.00. The van der Waals surface area contributed by atoms with Crippen molar-refractivity contribution in [2.24, 2.45) is 0 Å². The maximum atomic E-state index is 13.3. The van der Waals surface area contributed by atoms with Crippen LogP contribution < -0.4 is 10.5 Å². The highest BCUT2D eigenvalue weighted by Gasteiger charge is 2.37. The summed E-state index contributed by atoms with van der Waals surface area (Å²) in [5.41, 5.74) is -2.33. The first-order chi connectivity index (χ1) is 14.2. The Balaban J connectivity index is 1.68. The van der Waals surface area contributed by atoms with Crippen molar-refractivity contribution >= 4 is 23.1 Å². The second kappa shape index (κ2) is 7.20. The first kappa shape index (κ1) is 20.0. The Bertz CT molecular complexity index is 1210. The quantitative estimate of drug-likeness (QED) is 0.494. The molecule has 1 N–H and O–H groups in total. The van der Waals surface area contributed by atoms with Gasteiger partial charge in [0.15, 0.2) is 5.82 Å². The summed E-state index contributed by atoms with van der Waals surface area (Å²) in [5, 5.41) is 13.4. The van der Waals surface area contributed by atoms with Gasteiger partial charge in [0, 0.05) is 18.7 Å². The molecule has 1 aromatic carbocycles. The fraction of sp³-hybridized carbons (Fsp3) is 0.235. The van der Waals surface area contributed by atoms with Gasteiger partial charge in [0.2, 0.25) is 11.6 Å². The number of carbonyl (C=O) groups excluding carboxylic acids is 1. The molecular weight excluding hydrogens is 432 g/mol. The third kappa shape index (κ3) is 3.43. The van der Waals surface area contributed by atoms with E-state index < -0.39 is 34.5 Å². The van der Waals surface area contributed by atoms with Crippen LogP contribution in [0.5, 0.6) is 0 Å². The Labute approximate surface area is 170 Å². The van der Waals surface area contributed by atoms with E-state index in [1.54, 1.807) is 4.90 Å². The molecule has 0 amide bonds. The van der Waals surface area contributed by atoms with Gasteiger partial charge >= 0.3 is 6.18 Å². The van der Waals surface area contributed by atoms with Gasteiger partial charge in [-0.15, -0.1) is 10.2 Å². The average Bonchev–Trinajstić information content (AvgIpc) is 3.12. The van der Waals surface area contributed by atoms with Gasteiger partial charge in [0.25, 0.3) is 5.56 Å². The van der Waals surface area contributed by atoms with Gasteiger partial charge in [-0.05, 0) is 18.2 Å². The number of benzene rings is 1. The number of fused-ring (bicyclic) bond motifs is 1. The number of aromatic amines is 1. The Morgan fingerprint density at radius 3 is 2.70 bits per heavy atom. The second-order valence-corrected chi connectivity index (χ2v) is 6.81. The molecule has 0 radical (unpaired) electrons. The van der Waals surface area contributed by atoms with Crippen molar-refractivity contribution in [1.82, 2.24) is 25.0 Å². The van der Waals surface area contributed by atoms with E-state index in [1.807, 2.05) is 0 Å². The molecular formula is C17H11ClF4N6O2. The van der Waals surface area contributed by atoms with E-state index in [0.717, 1.165) is 12.1 Å². The Hall–Kier alpha value is -3.28. The van der Waals surface area contributed by atoms with Crippen molar-refractivity contribution in [2.75, 3.05) is 11.4 Å². The highest BCUT2D eigenvalue weighted by molar-refractivity contribution is 6.33. The zero-order valence-corrected chi connectivity index (χ0v) is 15.6. The molecule has 0 atom stereocenters. The number of halogens is 5. The molecule has 0 bridgehead atoms. The van der Waals surface area contributed by atoms with E-state index in [4.69, 9.17) is 11.6 Å². The zero-order chi connectivity index (χ0) is 21.6. The van der Waals surface area contributed by atoms with Gasteiger partial charge in [-0.3, -0.25) is 9.59 Å². The van der Waals surface area contributed by atoms with E-state index in [2.05, 4.69) is 20.4 Å². The summed E-state index contributed by atoms with van der Waals surface area (Å²) in [6, 6.07) is 1.82. The fourth-order valence-electron chi connectivity index (χ4n) is 3.20. The summed E-state index contributed by atoms with van der Waals surface area (Å²) in [7, 11) is 0. The standard InChI is InChI=1S/C17H11ClF4N6O2/c18-13-11(6-23-26-16(13)30)27-3-4-28-12(7-27)24-25-15(28)14(29)9-2-1-8(19)5-10(9)17(20,21)22/h1-2,5-6H,3-4,7H2,(H,26,30). The van der Waals surface area contributed by atoms with Crippen molar-refractivity contribution in [2.45, 2.75) is 19.3 Å². The molecule has 0 fully saturated rings. The van der Waals surface area contributed by atoms with Crippen LogP contribution >= 0.6 is 11.6 Å². The van der Waals surface area contributed by atoms with Gasteiger partial charge in [0.05, 0.1) is 24.0 Å². The first-order valence-electron chi connectivity index (χ1n) is 8.48. The number of hydrogen-bond acceptors (Lipinski definition) is 6. The van der Waals surface area contributed by atoms with Crippen LogP contribution in [0.4, 0.5) is 23.2 Å². The van der Waals surface area contributed by atoms with Crippen LogP contribution in [-0.4, -0.2) is 37.3 Å². The minimum atomic E-state index is -4.92. The molecule has 2 aromatic heterocycles. The molecule has 13 heteroatoms. The molecule has 0 saturated heterocycles. The number of ketones is 1. The highest BCUT2D eigenvalue weighted by atomic mass is 35.5. The lowest BCUT2D eigenvalue weighted by Gasteiger charge is -2.29. The van der Waals surface area contributed by atoms with E-state index in [0.29, 0.717) is 5.69 Å². The molecule has 0 unspecified atom stereocenters. The predicted octanol–water partition coefficient (Wildman–Crippen LogP) is 2.42. The lowest BCUT2D eigenvalue weighted by Crippen LogP contribution is -2.36. The molecule has 0 saturated carbocycles. The van der Waals surface area contributed by atoms with Crippen LogP contribution in [0.15, 0.2) is 29.2 Å². The monoisotopic (exact) mass is 442 g/mol. The summed E-state index contributed by atoms with van der Waals surface area (Å²) in [6.45, 7) is 0.515. The minimum absolute atomic E-state index is 0.0737. The number of H-pyrrole nitrogens is 1. The van der Waals surface area contributed by atoms with Gasteiger partial charge in [-0.1, -0.05) is 11.6 Å². The van der Waals surface area contributed by atoms with Crippen LogP contribution in [0.3, 0.4) is 0 Å². The molecule has 30 heavy (non-hydrogen) atoms. The van der Waals surface area contributed by atoms with E-state index in [9.17, 15) is 27.2 Å². The van der Waals surface area contributed by atoms with Gasteiger partial charge in [0.1, 0.15) is 10.8 Å². The van der Waals surface area contributed by atoms with Crippen LogP contribution in [0, 0.1) is 5.82 Å². The molecule has 8 nitrogen and oxygen atoms in total. The normalized spacial score (nSPS) is 14.0. The molecule has 3 aromatic rings. The fourth-order valence-corrected chi connectivity index (χ4v) is 3.41. The Morgan fingerprint density at radius 1 is 1.20 bits per heavy atom. The first-order valence-corrected chi connectivity index (χ1v) is 8.86. The molecule has 1 aliphatic rings. The smallest absolute Gasteiger partial charge is 0.360 e. The van der Waals surface area contributed by atoms with Gasteiger partial charge < -0.3 is 9.47 Å². The SMILES string of the molecule is O=C(c1ccc(F)cc1C(F)(F)F)c1nnc2n1CCN(c1cn[nH]c(=O)c1Cl)C2. The maximum Gasteiger partial charge on any atom is 0.417 e. The highest BCUT2D eigenvalue weighted by Crippen LogP contribution is 2.34. The number of anilines is 1. The third-order valence-electron chi connectivity index (χ3n) is 4.61. The number of nitrogens with zero attached hydrogens (tertiary/aromatic N) is 5. The largest absolute Gasteiger partial charge is 0.417 e. The summed E-state index contributed by atoms with van der Waals surface area (Å²) in [5.74, 6) is -2.14. The summed E-state index contributed by atoms with van der Waals surface area (Å²) in [6.07, 6.45) is -3.56. The summed E-state index contributed by atoms with van der Waals surface area (Å²) in [4.78, 5) is 26.1. The Morgan fingerprint density at radius 2 is 1.97 bits per heavy atom. The van der Waals surface area contributed by atoms with Crippen LogP contribution in [0.2, 0.25) is 5.02 Å². The lowest BCUT2D eigenvalue weighted by molar-refractivity contribution is -0.138. The van der Waals surface area contributed by atoms with Crippen molar-refractivity contribution in [3.63, 3.8) is 0 Å². The van der Waals surface area contributed by atoms with Crippen molar-refractivity contribution in [1.29, 1.82) is 0 Å². The number of hydrogen-bond donors (Lipinski definition) is 1. The van der Waals surface area contributed by atoms with Crippen LogP contribution in [-0.2, 0) is 19.3 Å². The number of nitrogens with one attached hydrogen (secondary N) is 1. The lowest BCUT2D eigenvalue weighted by atomic mass is 10.0. The number of carbonyl (C=O) groups is 1. The number of aromatic nitrogens is 5. The molecule has 4 rings (SSSR count). The molecule has 3 heterocycles. The summed E-state index contributed by atoms with van der Waals surface area (Å²) < 4.78 is 54.5. The third-order valence-corrected chi connectivity index (χ3v) is 4.97. The maximum absolute atomic E-state index is 13.3. The van der Waals surface area contributed by atoms with E-state index >= 15 is 0 Å². The van der Waals surface area contributed by atoms with Gasteiger partial charge in [-0.2, -0.15) is 18.3 Å². The van der Waals surface area contributed by atoms with Crippen LogP contribution in [0.1, 0.15) is 27.6 Å². The van der Waals surface area contributed by atoms with E-state index in [-0.39, 0.29) is 42.4 Å². The van der Waals surface area contributed by atoms with Gasteiger partial charge in [-0.25, -0.2) is 9.49 Å². The molecule has 0 aliphatic carbocycles. The van der Waals surface area contributed by atoms with Crippen molar-refractivity contribution in [3.05, 3.63) is 68.4 Å². The molecule has 1 aliphatic heterocycles. The molecule has 0 spiro atoms. The molecule has 156 valence electrons. The second-order valence-electron chi connectivity index (χ2n) is 6.43. The topological polar surface area (TPSA) is 96.8 Å². The van der Waals surface area contributed by atoms with Crippen molar-refractivity contribution in [3.8, 4) is 0 Å². The Kier molecular flexibility index (Phi) is 4.80. The zero-order valence-electron chi connectivity index (χ0n) is 14.9. The van der Waals surface area contributed by atoms with Crippen LogP contribution in [0.25, 0.3) is 0 Å². The number of rotatable bonds is 3. The predicted molar refractivity (Wildman–Crippen MR) is 95.8 cm³/mol. The van der Waals surface area contributed by atoms with E-state index in [1.165, 1.54) is 10.8 Å². The number of alkyl halides is 3.